The molecule has 1 atom stereocenters. The van der Waals surface area contributed by atoms with Crippen LogP contribution >= 0.6 is 23.1 Å². The van der Waals surface area contributed by atoms with E-state index in [1.54, 1.807) is 11.3 Å². The zero-order chi connectivity index (χ0) is 24.2. The number of amides is 1. The molecule has 2 heterocycles. The minimum atomic E-state index is -0.109. The highest BCUT2D eigenvalue weighted by atomic mass is 32.2. The van der Waals surface area contributed by atoms with Crippen LogP contribution in [-0.2, 0) is 24.1 Å². The molecule has 0 saturated heterocycles. The molecule has 0 fully saturated rings. The van der Waals surface area contributed by atoms with Crippen molar-refractivity contribution in [3.8, 4) is 12.1 Å². The number of thioether (sulfide) groups is 1. The van der Waals surface area contributed by atoms with Crippen molar-refractivity contribution < 1.29 is 4.79 Å². The Morgan fingerprint density at radius 3 is 2.70 bits per heavy atom. The summed E-state index contributed by atoms with van der Waals surface area (Å²) < 4.78 is 0. The molecule has 0 saturated carbocycles. The molecule has 33 heavy (non-hydrogen) atoms. The van der Waals surface area contributed by atoms with Gasteiger partial charge in [0.05, 0.1) is 11.1 Å². The third-order valence-corrected chi connectivity index (χ3v) is 8.24. The van der Waals surface area contributed by atoms with E-state index in [0.717, 1.165) is 36.9 Å². The van der Waals surface area contributed by atoms with E-state index in [-0.39, 0.29) is 11.3 Å². The van der Waals surface area contributed by atoms with Crippen molar-refractivity contribution in [1.82, 2.24) is 4.98 Å². The van der Waals surface area contributed by atoms with E-state index in [1.807, 2.05) is 12.1 Å². The zero-order valence-corrected chi connectivity index (χ0v) is 21.8. The lowest BCUT2D eigenvalue weighted by atomic mass is 9.72. The summed E-state index contributed by atoms with van der Waals surface area (Å²) in [4.78, 5) is 18.5. The lowest BCUT2D eigenvalue weighted by Gasteiger charge is -2.33. The Kier molecular flexibility index (Phi) is 8.21. The predicted molar refractivity (Wildman–Crippen MR) is 135 cm³/mol. The van der Waals surface area contributed by atoms with Crippen LogP contribution in [0.1, 0.15) is 74.7 Å². The van der Waals surface area contributed by atoms with Crippen LogP contribution in [0.3, 0.4) is 0 Å². The maximum Gasteiger partial charge on any atom is 0.225 e. The number of nitrogens with zero attached hydrogens (tertiary/aromatic N) is 3. The van der Waals surface area contributed by atoms with E-state index in [0.29, 0.717) is 45.2 Å². The first-order valence-electron chi connectivity index (χ1n) is 11.5. The van der Waals surface area contributed by atoms with Gasteiger partial charge >= 0.3 is 0 Å². The van der Waals surface area contributed by atoms with Gasteiger partial charge in [0.25, 0.3) is 0 Å². The fourth-order valence-corrected chi connectivity index (χ4v) is 6.39. The summed E-state index contributed by atoms with van der Waals surface area (Å²) in [7, 11) is 0. The standard InChI is InChI=1S/C26H32N4OS2/c1-16(2)12-19-8-6-17(14-27)24(29-19)32-11-10-23(31)30-25-21(15-28)20-9-7-18(26(3,4)5)13-22(20)33-25/h6,8,16,18H,7,9-13H2,1-5H3,(H,30,31). The number of fused-ring (bicyclic) bond motifs is 1. The van der Waals surface area contributed by atoms with Crippen LogP contribution in [0.4, 0.5) is 5.00 Å². The first-order valence-corrected chi connectivity index (χ1v) is 13.3. The Morgan fingerprint density at radius 1 is 1.30 bits per heavy atom. The molecule has 0 spiro atoms. The Morgan fingerprint density at radius 2 is 2.06 bits per heavy atom. The molecule has 1 aliphatic carbocycles. The summed E-state index contributed by atoms with van der Waals surface area (Å²) in [5.41, 5.74) is 3.50. The summed E-state index contributed by atoms with van der Waals surface area (Å²) in [5, 5.41) is 23.5. The summed E-state index contributed by atoms with van der Waals surface area (Å²) in [5.74, 6) is 1.49. The molecule has 0 bridgehead atoms. The number of hydrogen-bond donors (Lipinski definition) is 1. The molecule has 2 aromatic heterocycles. The SMILES string of the molecule is CC(C)Cc1ccc(C#N)c(SCCC(=O)Nc2sc3c(c2C#N)CCC(C(C)(C)C)C3)n1. The number of pyridine rings is 1. The van der Waals surface area contributed by atoms with Crippen LogP contribution in [0.2, 0.25) is 0 Å². The molecule has 0 aromatic carbocycles. The fourth-order valence-electron chi connectivity index (χ4n) is 4.17. The number of thiophene rings is 1. The van der Waals surface area contributed by atoms with Gasteiger partial charge in [-0.2, -0.15) is 10.5 Å². The number of rotatable bonds is 7. The van der Waals surface area contributed by atoms with Gasteiger partial charge in [-0.1, -0.05) is 34.6 Å². The largest absolute Gasteiger partial charge is 0.317 e. The Labute approximate surface area is 205 Å². The Balaban J connectivity index is 1.63. The van der Waals surface area contributed by atoms with Crippen molar-refractivity contribution in [3.63, 3.8) is 0 Å². The van der Waals surface area contributed by atoms with Crippen molar-refractivity contribution >= 4 is 34.0 Å². The first-order chi connectivity index (χ1) is 15.6. The van der Waals surface area contributed by atoms with Crippen molar-refractivity contribution in [2.24, 2.45) is 17.3 Å². The van der Waals surface area contributed by atoms with Gasteiger partial charge in [0.1, 0.15) is 22.2 Å². The maximum atomic E-state index is 12.7. The topological polar surface area (TPSA) is 89.6 Å². The second-order valence-corrected chi connectivity index (χ2v) is 12.3. The molecule has 7 heteroatoms. The second kappa shape index (κ2) is 10.7. The minimum absolute atomic E-state index is 0.109. The lowest BCUT2D eigenvalue weighted by Crippen LogP contribution is -2.26. The van der Waals surface area contributed by atoms with Crippen LogP contribution in [0, 0.1) is 39.9 Å². The van der Waals surface area contributed by atoms with E-state index >= 15 is 0 Å². The molecule has 1 aliphatic rings. The van der Waals surface area contributed by atoms with Gasteiger partial charge in [-0.15, -0.1) is 23.1 Å². The van der Waals surface area contributed by atoms with E-state index < -0.39 is 0 Å². The van der Waals surface area contributed by atoms with Gasteiger partial charge in [-0.25, -0.2) is 4.98 Å². The van der Waals surface area contributed by atoms with Gasteiger partial charge in [-0.3, -0.25) is 4.79 Å². The second-order valence-electron chi connectivity index (χ2n) is 10.1. The average molecular weight is 481 g/mol. The van der Waals surface area contributed by atoms with Gasteiger partial charge in [0, 0.05) is 22.7 Å². The van der Waals surface area contributed by atoms with Crippen LogP contribution in [0.15, 0.2) is 17.2 Å². The van der Waals surface area contributed by atoms with Gasteiger partial charge in [0.15, 0.2) is 0 Å². The number of nitriles is 2. The van der Waals surface area contributed by atoms with Crippen molar-refractivity contribution in [3.05, 3.63) is 39.4 Å². The smallest absolute Gasteiger partial charge is 0.225 e. The number of anilines is 1. The number of nitrogens with one attached hydrogen (secondary N) is 1. The van der Waals surface area contributed by atoms with Crippen LogP contribution < -0.4 is 5.32 Å². The molecule has 3 rings (SSSR count). The summed E-state index contributed by atoms with van der Waals surface area (Å²) >= 11 is 3.00. The molecule has 174 valence electrons. The molecule has 0 radical (unpaired) electrons. The maximum absolute atomic E-state index is 12.7. The number of carbonyl (C=O) groups is 1. The average Bonchev–Trinajstić information content (AvgIpc) is 3.08. The van der Waals surface area contributed by atoms with Crippen LogP contribution in [-0.4, -0.2) is 16.6 Å². The Bertz CT molecular complexity index is 1100. The number of aromatic nitrogens is 1. The summed E-state index contributed by atoms with van der Waals surface area (Å²) in [6.45, 7) is 11.1. The third kappa shape index (κ3) is 6.37. The molecular formula is C26H32N4OS2. The highest BCUT2D eigenvalue weighted by Crippen LogP contribution is 2.44. The van der Waals surface area contributed by atoms with Crippen molar-refractivity contribution in [2.75, 3.05) is 11.1 Å². The monoisotopic (exact) mass is 480 g/mol. The quantitative estimate of drug-likeness (QED) is 0.466. The van der Waals surface area contributed by atoms with Gasteiger partial charge in [0.2, 0.25) is 5.91 Å². The van der Waals surface area contributed by atoms with E-state index in [2.05, 4.69) is 57.1 Å². The normalized spacial score (nSPS) is 15.6. The molecular weight excluding hydrogens is 448 g/mol. The third-order valence-electron chi connectivity index (χ3n) is 6.08. The Hall–Kier alpha value is -2.35. The highest BCUT2D eigenvalue weighted by molar-refractivity contribution is 7.99. The molecule has 2 aromatic rings. The van der Waals surface area contributed by atoms with Gasteiger partial charge in [-0.05, 0) is 60.6 Å². The van der Waals surface area contributed by atoms with Crippen molar-refractivity contribution in [2.45, 2.75) is 71.7 Å². The molecule has 5 nitrogen and oxygen atoms in total. The number of hydrogen-bond acceptors (Lipinski definition) is 6. The molecule has 1 N–H and O–H groups in total. The lowest BCUT2D eigenvalue weighted by molar-refractivity contribution is -0.115. The number of carbonyl (C=O) groups excluding carboxylic acids is 1. The van der Waals surface area contributed by atoms with Crippen molar-refractivity contribution in [1.29, 1.82) is 10.5 Å². The fraction of sp³-hybridized carbons (Fsp3) is 0.538. The van der Waals surface area contributed by atoms with E-state index in [1.165, 1.54) is 16.6 Å². The molecule has 1 amide bonds. The van der Waals surface area contributed by atoms with Crippen LogP contribution in [0.5, 0.6) is 0 Å². The summed E-state index contributed by atoms with van der Waals surface area (Å²) in [6, 6.07) is 8.24. The van der Waals surface area contributed by atoms with Crippen LogP contribution in [0.25, 0.3) is 0 Å². The zero-order valence-electron chi connectivity index (χ0n) is 20.1. The van der Waals surface area contributed by atoms with E-state index in [4.69, 9.17) is 0 Å². The van der Waals surface area contributed by atoms with Gasteiger partial charge < -0.3 is 5.32 Å². The predicted octanol–water partition coefficient (Wildman–Crippen LogP) is 6.36. The van der Waals surface area contributed by atoms with E-state index in [9.17, 15) is 15.3 Å². The molecule has 0 aliphatic heterocycles. The molecule has 1 unspecified atom stereocenters. The first kappa shape index (κ1) is 25.3. The summed E-state index contributed by atoms with van der Waals surface area (Å²) in [6.07, 6.45) is 4.10. The highest BCUT2D eigenvalue weighted by Gasteiger charge is 2.32. The minimum Gasteiger partial charge on any atom is -0.317 e.